The molecule has 1 aliphatic heterocycles. The van der Waals surface area contributed by atoms with E-state index in [0.717, 1.165) is 29.5 Å². The number of rotatable bonds is 14. The Morgan fingerprint density at radius 3 is 1.82 bits per heavy atom. The maximum absolute atomic E-state index is 12.3. The molecular weight excluding hydrogens is 480 g/mol. The molecule has 6 nitrogen and oxygen atoms in total. The molecule has 1 N–H and O–H groups in total. The van der Waals surface area contributed by atoms with Crippen LogP contribution in [0.2, 0.25) is 0 Å². The second kappa shape index (κ2) is 14.5. The Bertz CT molecular complexity index is 1050. The van der Waals surface area contributed by atoms with Crippen LogP contribution in [0.4, 0.5) is 0 Å². The molecule has 5 atom stereocenters. The Morgan fingerprint density at radius 1 is 0.763 bits per heavy atom. The number of aliphatic hydroxyl groups is 1. The van der Waals surface area contributed by atoms with Crippen molar-refractivity contribution in [3.8, 4) is 0 Å². The third-order valence-corrected chi connectivity index (χ3v) is 7.02. The van der Waals surface area contributed by atoms with Crippen LogP contribution in [0.1, 0.15) is 42.9 Å². The maximum atomic E-state index is 12.3. The molecule has 204 valence electrons. The lowest BCUT2D eigenvalue weighted by Crippen LogP contribution is -2.68. The first-order valence-corrected chi connectivity index (χ1v) is 13.5. The van der Waals surface area contributed by atoms with Crippen LogP contribution in [-0.4, -0.2) is 49.0 Å². The second-order valence-electron chi connectivity index (χ2n) is 9.80. The van der Waals surface area contributed by atoms with E-state index in [1.165, 1.54) is 0 Å². The fourth-order valence-electron chi connectivity index (χ4n) is 4.89. The summed E-state index contributed by atoms with van der Waals surface area (Å²) in [6.45, 7) is 3.41. The van der Waals surface area contributed by atoms with Gasteiger partial charge in [-0.15, -0.1) is 0 Å². The van der Waals surface area contributed by atoms with Crippen molar-refractivity contribution in [3.05, 3.63) is 108 Å². The Hall–Kier alpha value is -2.58. The number of benzene rings is 3. The number of hydrogen-bond acceptors (Lipinski definition) is 6. The topological polar surface area (TPSA) is 66.4 Å². The van der Waals surface area contributed by atoms with Gasteiger partial charge in [-0.3, -0.25) is 0 Å². The first-order chi connectivity index (χ1) is 18.6. The smallest absolute Gasteiger partial charge is 0.186 e. The molecule has 0 radical (unpaired) electrons. The first kappa shape index (κ1) is 28.4. The molecule has 3 aromatic carbocycles. The molecule has 38 heavy (non-hydrogen) atoms. The van der Waals surface area contributed by atoms with Gasteiger partial charge in [0.05, 0.1) is 26.4 Å². The lowest BCUT2D eigenvalue weighted by atomic mass is 9.80. The number of methoxy groups -OCH3 is 1. The van der Waals surface area contributed by atoms with Crippen molar-refractivity contribution in [3.63, 3.8) is 0 Å². The molecule has 3 aromatic rings. The monoisotopic (exact) mass is 520 g/mol. The fourth-order valence-corrected chi connectivity index (χ4v) is 4.89. The highest BCUT2D eigenvalue weighted by molar-refractivity contribution is 5.16. The van der Waals surface area contributed by atoms with Crippen LogP contribution in [0.5, 0.6) is 0 Å². The van der Waals surface area contributed by atoms with E-state index in [4.69, 9.17) is 23.7 Å². The van der Waals surface area contributed by atoms with E-state index in [0.29, 0.717) is 26.2 Å². The molecule has 0 amide bonds. The fraction of sp³-hybridized carbons (Fsp3) is 0.438. The summed E-state index contributed by atoms with van der Waals surface area (Å²) in [4.78, 5) is 0. The van der Waals surface area contributed by atoms with E-state index in [2.05, 4.69) is 6.92 Å². The van der Waals surface area contributed by atoms with Gasteiger partial charge in [-0.2, -0.15) is 0 Å². The molecule has 1 heterocycles. The maximum Gasteiger partial charge on any atom is 0.186 e. The van der Waals surface area contributed by atoms with E-state index < -0.39 is 30.2 Å². The van der Waals surface area contributed by atoms with E-state index >= 15 is 0 Å². The third kappa shape index (κ3) is 7.50. The molecule has 4 rings (SSSR count). The largest absolute Gasteiger partial charge is 0.384 e. The van der Waals surface area contributed by atoms with Gasteiger partial charge in [-0.05, 0) is 23.1 Å². The van der Waals surface area contributed by atoms with Gasteiger partial charge in [-0.25, -0.2) is 0 Å². The average Bonchev–Trinajstić information content (AvgIpc) is 2.97. The summed E-state index contributed by atoms with van der Waals surface area (Å²) in [5.41, 5.74) is 1.77. The van der Waals surface area contributed by atoms with Crippen molar-refractivity contribution in [2.75, 3.05) is 13.7 Å². The number of unbranched alkanes of at least 4 members (excludes halogenated alkanes) is 1. The Morgan fingerprint density at radius 2 is 1.29 bits per heavy atom. The van der Waals surface area contributed by atoms with Crippen molar-refractivity contribution in [1.29, 1.82) is 0 Å². The van der Waals surface area contributed by atoms with Gasteiger partial charge in [0.1, 0.15) is 23.9 Å². The molecule has 0 spiro atoms. The van der Waals surface area contributed by atoms with Crippen LogP contribution in [0, 0.1) is 0 Å². The Kier molecular flexibility index (Phi) is 10.9. The standard InChI is InChI=1S/C32H40O6/c1-3-4-20-32(33)28(24-35-21-25-14-8-5-9-15-25)38-31(34-2)29(36-22-26-16-10-6-11-17-26)30(32)37-23-27-18-12-7-13-19-27/h5-19,28-31,33H,3-4,20-24H2,1-2H3/t28-,29-,30-,31+,32-/m1/s1. The molecule has 0 unspecified atom stereocenters. The van der Waals surface area contributed by atoms with Crippen molar-refractivity contribution in [2.24, 2.45) is 0 Å². The highest BCUT2D eigenvalue weighted by Crippen LogP contribution is 2.38. The van der Waals surface area contributed by atoms with Crippen LogP contribution in [0.25, 0.3) is 0 Å². The SMILES string of the molecule is CCCC[C@]1(O)[C@H](OCc2ccccc2)[C@@H](OCc2ccccc2)[C@@H](OC)O[C@@H]1COCc1ccccc1. The van der Waals surface area contributed by atoms with Crippen molar-refractivity contribution in [2.45, 2.75) is 76.2 Å². The molecule has 0 aliphatic carbocycles. The summed E-state index contributed by atoms with van der Waals surface area (Å²) >= 11 is 0. The van der Waals surface area contributed by atoms with Gasteiger partial charge in [0.15, 0.2) is 6.29 Å². The summed E-state index contributed by atoms with van der Waals surface area (Å²) in [5.74, 6) is 0. The van der Waals surface area contributed by atoms with Gasteiger partial charge in [0, 0.05) is 7.11 Å². The van der Waals surface area contributed by atoms with E-state index in [-0.39, 0.29) is 6.61 Å². The normalized spacial score (nSPS) is 25.3. The highest BCUT2D eigenvalue weighted by atomic mass is 16.7. The zero-order valence-corrected chi connectivity index (χ0v) is 22.4. The quantitative estimate of drug-likeness (QED) is 0.296. The molecular formula is C32H40O6. The molecule has 0 aromatic heterocycles. The molecule has 1 saturated heterocycles. The minimum absolute atomic E-state index is 0.200. The van der Waals surface area contributed by atoms with Crippen LogP contribution in [0.3, 0.4) is 0 Å². The summed E-state index contributed by atoms with van der Waals surface area (Å²) in [6.07, 6.45) is -0.494. The van der Waals surface area contributed by atoms with Crippen LogP contribution in [-0.2, 0) is 43.5 Å². The van der Waals surface area contributed by atoms with Crippen LogP contribution < -0.4 is 0 Å². The van der Waals surface area contributed by atoms with Gasteiger partial charge in [0.2, 0.25) is 0 Å². The van der Waals surface area contributed by atoms with Gasteiger partial charge < -0.3 is 28.8 Å². The van der Waals surface area contributed by atoms with Crippen LogP contribution >= 0.6 is 0 Å². The minimum Gasteiger partial charge on any atom is -0.384 e. The van der Waals surface area contributed by atoms with Crippen molar-refractivity contribution >= 4 is 0 Å². The minimum atomic E-state index is -1.34. The summed E-state index contributed by atoms with van der Waals surface area (Å²) < 4.78 is 31.1. The number of hydrogen-bond donors (Lipinski definition) is 1. The van der Waals surface area contributed by atoms with Gasteiger partial charge in [0.25, 0.3) is 0 Å². The summed E-state index contributed by atoms with van der Waals surface area (Å²) in [5, 5.41) is 12.3. The molecule has 1 aliphatic rings. The number of ether oxygens (including phenoxy) is 5. The lowest BCUT2D eigenvalue weighted by molar-refractivity contribution is -0.347. The van der Waals surface area contributed by atoms with Gasteiger partial charge >= 0.3 is 0 Å². The lowest BCUT2D eigenvalue weighted by Gasteiger charge is -2.51. The summed E-state index contributed by atoms with van der Waals surface area (Å²) in [6, 6.07) is 29.9. The zero-order valence-electron chi connectivity index (χ0n) is 22.4. The first-order valence-electron chi connectivity index (χ1n) is 13.5. The van der Waals surface area contributed by atoms with E-state index in [9.17, 15) is 5.11 Å². The average molecular weight is 521 g/mol. The molecule has 0 saturated carbocycles. The van der Waals surface area contributed by atoms with E-state index in [1.54, 1.807) is 7.11 Å². The Balaban J connectivity index is 1.58. The van der Waals surface area contributed by atoms with Crippen molar-refractivity contribution in [1.82, 2.24) is 0 Å². The third-order valence-electron chi connectivity index (χ3n) is 7.02. The zero-order chi connectivity index (χ0) is 26.6. The Labute approximate surface area is 226 Å². The van der Waals surface area contributed by atoms with E-state index in [1.807, 2.05) is 91.0 Å². The van der Waals surface area contributed by atoms with Gasteiger partial charge in [-0.1, -0.05) is 111 Å². The predicted molar refractivity (Wildman–Crippen MR) is 146 cm³/mol. The second-order valence-corrected chi connectivity index (χ2v) is 9.80. The van der Waals surface area contributed by atoms with Crippen LogP contribution in [0.15, 0.2) is 91.0 Å². The predicted octanol–water partition coefficient (Wildman–Crippen LogP) is 5.67. The summed E-state index contributed by atoms with van der Waals surface area (Å²) in [7, 11) is 1.59. The molecule has 1 fully saturated rings. The molecule has 6 heteroatoms. The van der Waals surface area contributed by atoms with Crippen molar-refractivity contribution < 1.29 is 28.8 Å². The molecule has 0 bridgehead atoms. The highest BCUT2D eigenvalue weighted by Gasteiger charge is 2.56.